The van der Waals surface area contributed by atoms with E-state index in [1.807, 2.05) is 0 Å². The van der Waals surface area contributed by atoms with Gasteiger partial charge in [0.15, 0.2) is 0 Å². The Kier molecular flexibility index (Phi) is 5.22. The van der Waals surface area contributed by atoms with Gasteiger partial charge in [0.05, 0.1) is 6.10 Å². The Morgan fingerprint density at radius 2 is 2.05 bits per heavy atom. The first kappa shape index (κ1) is 14.8. The molecular formula is C15H28N2O2. The quantitative estimate of drug-likeness (QED) is 0.818. The Bertz CT molecular complexity index is 303. The summed E-state index contributed by atoms with van der Waals surface area (Å²) in [6.07, 6.45) is 5.51. The van der Waals surface area contributed by atoms with Crippen molar-refractivity contribution in [2.75, 3.05) is 13.2 Å². The summed E-state index contributed by atoms with van der Waals surface area (Å²) in [6.45, 7) is 5.85. The van der Waals surface area contributed by atoms with Crippen LogP contribution < -0.4 is 11.1 Å². The van der Waals surface area contributed by atoms with Crippen molar-refractivity contribution in [3.8, 4) is 0 Å². The van der Waals surface area contributed by atoms with Crippen molar-refractivity contribution < 1.29 is 9.53 Å². The lowest BCUT2D eigenvalue weighted by molar-refractivity contribution is -0.129. The maximum Gasteiger partial charge on any atom is 0.223 e. The van der Waals surface area contributed by atoms with Crippen LogP contribution in [-0.4, -0.2) is 31.2 Å². The molecule has 5 atom stereocenters. The maximum absolute atomic E-state index is 12.3. The average molecular weight is 268 g/mol. The van der Waals surface area contributed by atoms with E-state index in [0.717, 1.165) is 32.3 Å². The van der Waals surface area contributed by atoms with Crippen LogP contribution >= 0.6 is 0 Å². The van der Waals surface area contributed by atoms with Crippen molar-refractivity contribution >= 4 is 5.91 Å². The molecule has 2 aliphatic rings. The zero-order valence-electron chi connectivity index (χ0n) is 12.2. The van der Waals surface area contributed by atoms with Crippen LogP contribution in [0.15, 0.2) is 0 Å². The number of ether oxygens (including phenoxy) is 1. The molecule has 4 nitrogen and oxygen atoms in total. The van der Waals surface area contributed by atoms with Gasteiger partial charge in [-0.2, -0.15) is 0 Å². The lowest BCUT2D eigenvalue weighted by atomic mass is 9.72. The summed E-state index contributed by atoms with van der Waals surface area (Å²) in [5, 5.41) is 3.07. The minimum absolute atomic E-state index is 0.0785. The summed E-state index contributed by atoms with van der Waals surface area (Å²) in [4.78, 5) is 12.3. The number of rotatable bonds is 3. The first-order valence-electron chi connectivity index (χ1n) is 7.72. The smallest absolute Gasteiger partial charge is 0.223 e. The van der Waals surface area contributed by atoms with Crippen molar-refractivity contribution in [1.82, 2.24) is 5.32 Å². The molecule has 5 unspecified atom stereocenters. The Morgan fingerprint density at radius 3 is 2.74 bits per heavy atom. The molecule has 110 valence electrons. The van der Waals surface area contributed by atoms with Crippen LogP contribution in [0.1, 0.15) is 46.0 Å². The minimum Gasteiger partial charge on any atom is -0.376 e. The molecule has 0 radical (unpaired) electrons. The summed E-state index contributed by atoms with van der Waals surface area (Å²) in [5.41, 5.74) is 6.10. The predicted molar refractivity (Wildman–Crippen MR) is 75.6 cm³/mol. The van der Waals surface area contributed by atoms with Gasteiger partial charge in [-0.15, -0.1) is 0 Å². The van der Waals surface area contributed by atoms with Crippen LogP contribution in [0.5, 0.6) is 0 Å². The number of carbonyl (C=O) groups excluding carboxylic acids is 1. The molecule has 2 rings (SSSR count). The van der Waals surface area contributed by atoms with Gasteiger partial charge in [0.25, 0.3) is 0 Å². The zero-order valence-corrected chi connectivity index (χ0v) is 12.2. The number of nitrogens with one attached hydrogen (secondary N) is 1. The van der Waals surface area contributed by atoms with Gasteiger partial charge in [-0.1, -0.05) is 13.8 Å². The minimum atomic E-state index is 0.0785. The van der Waals surface area contributed by atoms with Crippen molar-refractivity contribution in [2.24, 2.45) is 23.5 Å². The molecule has 1 saturated carbocycles. The number of nitrogens with two attached hydrogens (primary N) is 1. The molecule has 0 spiro atoms. The normalized spacial score (nSPS) is 39.8. The monoisotopic (exact) mass is 268 g/mol. The predicted octanol–water partition coefficient (Wildman–Crippen LogP) is 1.68. The Labute approximate surface area is 116 Å². The second kappa shape index (κ2) is 6.71. The van der Waals surface area contributed by atoms with E-state index in [2.05, 4.69) is 19.2 Å². The van der Waals surface area contributed by atoms with Crippen molar-refractivity contribution in [3.63, 3.8) is 0 Å². The highest BCUT2D eigenvalue weighted by Gasteiger charge is 2.35. The zero-order chi connectivity index (χ0) is 13.8. The molecule has 19 heavy (non-hydrogen) atoms. The van der Waals surface area contributed by atoms with E-state index in [1.165, 1.54) is 6.42 Å². The molecule has 0 bridgehead atoms. The largest absolute Gasteiger partial charge is 0.376 e. The highest BCUT2D eigenvalue weighted by molar-refractivity contribution is 5.79. The van der Waals surface area contributed by atoms with E-state index < -0.39 is 0 Å². The van der Waals surface area contributed by atoms with Gasteiger partial charge in [-0.25, -0.2) is 0 Å². The molecule has 0 aromatic carbocycles. The summed E-state index contributed by atoms with van der Waals surface area (Å²) >= 11 is 0. The van der Waals surface area contributed by atoms with Crippen LogP contribution in [0, 0.1) is 17.8 Å². The van der Waals surface area contributed by atoms with Crippen LogP contribution in [0.25, 0.3) is 0 Å². The maximum atomic E-state index is 12.3. The second-order valence-corrected chi connectivity index (χ2v) is 6.43. The van der Waals surface area contributed by atoms with Crippen LogP contribution in [0.4, 0.5) is 0 Å². The van der Waals surface area contributed by atoms with E-state index in [0.29, 0.717) is 18.4 Å². The molecule has 1 amide bonds. The Morgan fingerprint density at radius 1 is 1.26 bits per heavy atom. The van der Waals surface area contributed by atoms with Gasteiger partial charge < -0.3 is 15.8 Å². The van der Waals surface area contributed by atoms with Gasteiger partial charge in [-0.3, -0.25) is 4.79 Å². The lowest BCUT2D eigenvalue weighted by Gasteiger charge is -2.36. The third kappa shape index (κ3) is 3.93. The van der Waals surface area contributed by atoms with E-state index in [1.54, 1.807) is 0 Å². The molecule has 1 saturated heterocycles. The van der Waals surface area contributed by atoms with E-state index in [4.69, 9.17) is 10.5 Å². The van der Waals surface area contributed by atoms with E-state index in [9.17, 15) is 4.79 Å². The molecule has 3 N–H and O–H groups in total. The van der Waals surface area contributed by atoms with Gasteiger partial charge >= 0.3 is 0 Å². The molecule has 1 aliphatic heterocycles. The average Bonchev–Trinajstić information content (AvgIpc) is 2.41. The molecule has 2 fully saturated rings. The van der Waals surface area contributed by atoms with E-state index in [-0.39, 0.29) is 24.0 Å². The standard InChI is InChI=1S/C15H28N2O2/c1-10-7-11(2)14(16)8-13(10)15(18)17-9-12-5-3-4-6-19-12/h10-14H,3-9,16H2,1-2H3,(H,17,18). The summed E-state index contributed by atoms with van der Waals surface area (Å²) < 4.78 is 5.64. The van der Waals surface area contributed by atoms with E-state index >= 15 is 0 Å². The van der Waals surface area contributed by atoms with Gasteiger partial charge in [-0.05, 0) is 43.9 Å². The number of amides is 1. The molecular weight excluding hydrogens is 240 g/mol. The van der Waals surface area contributed by atoms with Gasteiger partial charge in [0.2, 0.25) is 5.91 Å². The van der Waals surface area contributed by atoms with Gasteiger partial charge in [0.1, 0.15) is 0 Å². The third-order valence-corrected chi connectivity index (χ3v) is 4.80. The molecule has 0 aromatic rings. The van der Waals surface area contributed by atoms with Crippen molar-refractivity contribution in [3.05, 3.63) is 0 Å². The summed E-state index contributed by atoms with van der Waals surface area (Å²) in [7, 11) is 0. The third-order valence-electron chi connectivity index (χ3n) is 4.80. The van der Waals surface area contributed by atoms with Crippen LogP contribution in [0.3, 0.4) is 0 Å². The van der Waals surface area contributed by atoms with Crippen molar-refractivity contribution in [1.29, 1.82) is 0 Å². The second-order valence-electron chi connectivity index (χ2n) is 6.43. The van der Waals surface area contributed by atoms with Crippen LogP contribution in [-0.2, 0) is 9.53 Å². The highest BCUT2D eigenvalue weighted by Crippen LogP contribution is 2.32. The molecule has 1 aliphatic carbocycles. The topological polar surface area (TPSA) is 64.3 Å². The van der Waals surface area contributed by atoms with Crippen LogP contribution in [0.2, 0.25) is 0 Å². The summed E-state index contributed by atoms with van der Waals surface area (Å²) in [6, 6.07) is 0.165. The fourth-order valence-electron chi connectivity index (χ4n) is 3.36. The Balaban J connectivity index is 1.78. The van der Waals surface area contributed by atoms with Crippen molar-refractivity contribution in [2.45, 2.75) is 58.1 Å². The first-order chi connectivity index (χ1) is 9.08. The number of hydrogen-bond donors (Lipinski definition) is 2. The molecule has 0 aromatic heterocycles. The SMILES string of the molecule is CC1CC(C)C(C(=O)NCC2CCCCO2)CC1N. The highest BCUT2D eigenvalue weighted by atomic mass is 16.5. The fourth-order valence-corrected chi connectivity index (χ4v) is 3.36. The number of carbonyl (C=O) groups is 1. The molecule has 1 heterocycles. The molecule has 4 heteroatoms. The number of hydrogen-bond acceptors (Lipinski definition) is 3. The first-order valence-corrected chi connectivity index (χ1v) is 7.72. The summed E-state index contributed by atoms with van der Waals surface area (Å²) in [5.74, 6) is 1.21. The van der Waals surface area contributed by atoms with Gasteiger partial charge in [0, 0.05) is 25.1 Å². The fraction of sp³-hybridized carbons (Fsp3) is 0.933. The Hall–Kier alpha value is -0.610. The lowest BCUT2D eigenvalue weighted by Crippen LogP contribution is -2.46.